The quantitative estimate of drug-likeness (QED) is 0.728. The molecule has 0 N–H and O–H groups in total. The van der Waals surface area contributed by atoms with Gasteiger partial charge in [0.05, 0.1) is 25.0 Å². The van der Waals surface area contributed by atoms with Crippen LogP contribution in [0.15, 0.2) is 43.0 Å². The first-order valence-electron chi connectivity index (χ1n) is 7.63. The zero-order chi connectivity index (χ0) is 15.8. The molecule has 0 atom stereocenters. The maximum Gasteiger partial charge on any atom is 0.270 e. The van der Waals surface area contributed by atoms with Crippen LogP contribution in [-0.2, 0) is 26.7 Å². The first-order chi connectivity index (χ1) is 11.2. The Bertz CT molecular complexity index is 829. The van der Waals surface area contributed by atoms with Crippen LogP contribution < -0.4 is 0 Å². The van der Waals surface area contributed by atoms with Gasteiger partial charge in [-0.25, -0.2) is 4.98 Å². The van der Waals surface area contributed by atoms with Crippen molar-refractivity contribution >= 4 is 5.91 Å². The molecule has 0 bridgehead atoms. The number of imidazole rings is 1. The molecule has 0 saturated carbocycles. The number of fused-ring (bicyclic) bond motifs is 1. The normalized spacial score (nSPS) is 14.0. The maximum atomic E-state index is 12.6. The number of hydrogen-bond donors (Lipinski definition) is 0. The van der Waals surface area contributed by atoms with Gasteiger partial charge in [-0.3, -0.25) is 9.48 Å². The molecule has 4 heterocycles. The molecule has 4 rings (SSSR count). The van der Waals surface area contributed by atoms with E-state index >= 15 is 0 Å². The van der Waals surface area contributed by atoms with Gasteiger partial charge in [-0.2, -0.15) is 5.10 Å². The molecular weight excluding hydrogens is 292 g/mol. The molecule has 0 aromatic carbocycles. The van der Waals surface area contributed by atoms with Gasteiger partial charge in [-0.15, -0.1) is 0 Å². The van der Waals surface area contributed by atoms with E-state index in [1.807, 2.05) is 58.0 Å². The monoisotopic (exact) mass is 310 g/mol. The molecule has 0 fully saturated rings. The fourth-order valence-corrected chi connectivity index (χ4v) is 3.03. The fourth-order valence-electron chi connectivity index (χ4n) is 3.03. The Morgan fingerprint density at radius 3 is 2.91 bits per heavy atom. The van der Waals surface area contributed by atoms with Crippen LogP contribution in [0, 0.1) is 0 Å². The minimum Gasteiger partial charge on any atom is -0.347 e. The highest BCUT2D eigenvalue weighted by Gasteiger charge is 2.25. The summed E-state index contributed by atoms with van der Waals surface area (Å²) in [5.74, 6) is 0.987. The van der Waals surface area contributed by atoms with E-state index < -0.39 is 0 Å². The zero-order valence-corrected chi connectivity index (χ0v) is 13.0. The van der Waals surface area contributed by atoms with E-state index in [0.29, 0.717) is 25.3 Å². The largest absolute Gasteiger partial charge is 0.347 e. The summed E-state index contributed by atoms with van der Waals surface area (Å²) in [6.45, 7) is 2.70. The minimum atomic E-state index is 0.0559. The molecule has 7 heteroatoms. The van der Waals surface area contributed by atoms with Gasteiger partial charge in [-0.05, 0) is 18.2 Å². The van der Waals surface area contributed by atoms with E-state index in [0.717, 1.165) is 18.1 Å². The van der Waals surface area contributed by atoms with E-state index in [2.05, 4.69) is 14.6 Å². The van der Waals surface area contributed by atoms with Crippen molar-refractivity contribution in [3.63, 3.8) is 0 Å². The standard InChI is InChI=1S/C16H18N6O/c1-19-6-2-4-14(19)16(23)20-8-9-22-13(10-17-15(22)12-20)11-21-7-3-5-18-21/h2-7,10H,8-9,11-12H2,1H3. The lowest BCUT2D eigenvalue weighted by atomic mass is 10.3. The highest BCUT2D eigenvalue weighted by Crippen LogP contribution is 2.17. The number of carbonyl (C=O) groups excluding carboxylic acids is 1. The second-order valence-electron chi connectivity index (χ2n) is 5.75. The minimum absolute atomic E-state index is 0.0559. The maximum absolute atomic E-state index is 12.6. The van der Waals surface area contributed by atoms with E-state index in [4.69, 9.17) is 0 Å². The Kier molecular flexibility index (Phi) is 3.25. The Morgan fingerprint density at radius 1 is 1.26 bits per heavy atom. The van der Waals surface area contributed by atoms with Gasteiger partial charge in [0.2, 0.25) is 0 Å². The van der Waals surface area contributed by atoms with Gasteiger partial charge < -0.3 is 14.0 Å². The third kappa shape index (κ3) is 2.44. The first-order valence-corrected chi connectivity index (χ1v) is 7.63. The van der Waals surface area contributed by atoms with Crippen molar-refractivity contribution in [2.24, 2.45) is 7.05 Å². The second kappa shape index (κ2) is 5.42. The summed E-state index contributed by atoms with van der Waals surface area (Å²) in [4.78, 5) is 19.0. The van der Waals surface area contributed by atoms with Gasteiger partial charge in [0.25, 0.3) is 5.91 Å². The number of amides is 1. The molecule has 3 aromatic rings. The number of aryl methyl sites for hydroxylation is 1. The third-order valence-electron chi connectivity index (χ3n) is 4.28. The van der Waals surface area contributed by atoms with Crippen LogP contribution in [0.1, 0.15) is 22.0 Å². The summed E-state index contributed by atoms with van der Waals surface area (Å²) >= 11 is 0. The van der Waals surface area contributed by atoms with Crippen molar-refractivity contribution in [2.75, 3.05) is 6.54 Å². The van der Waals surface area contributed by atoms with Gasteiger partial charge in [-0.1, -0.05) is 0 Å². The average Bonchev–Trinajstić information content (AvgIpc) is 3.29. The summed E-state index contributed by atoms with van der Waals surface area (Å²) in [7, 11) is 1.89. The lowest BCUT2D eigenvalue weighted by Gasteiger charge is -2.28. The van der Waals surface area contributed by atoms with Crippen LogP contribution in [0.3, 0.4) is 0 Å². The van der Waals surface area contributed by atoms with Gasteiger partial charge in [0, 0.05) is 38.7 Å². The number of rotatable bonds is 3. The molecule has 0 aliphatic carbocycles. The van der Waals surface area contributed by atoms with Crippen molar-refractivity contribution in [1.29, 1.82) is 0 Å². The van der Waals surface area contributed by atoms with Crippen molar-refractivity contribution in [3.05, 3.63) is 60.2 Å². The van der Waals surface area contributed by atoms with Gasteiger partial charge in [0.15, 0.2) is 0 Å². The Morgan fingerprint density at radius 2 is 2.17 bits per heavy atom. The molecule has 3 aromatic heterocycles. The van der Waals surface area contributed by atoms with E-state index in [9.17, 15) is 4.79 Å². The van der Waals surface area contributed by atoms with Gasteiger partial charge in [0.1, 0.15) is 11.5 Å². The molecular formula is C16H18N6O. The zero-order valence-electron chi connectivity index (χ0n) is 13.0. The SMILES string of the molecule is Cn1cccc1C(=O)N1CCn2c(Cn3cccn3)cnc2C1. The summed E-state index contributed by atoms with van der Waals surface area (Å²) in [6, 6.07) is 5.65. The molecule has 7 nitrogen and oxygen atoms in total. The molecule has 0 radical (unpaired) electrons. The van der Waals surface area contributed by atoms with E-state index in [1.54, 1.807) is 6.20 Å². The predicted octanol–water partition coefficient (Wildman–Crippen LogP) is 1.12. The highest BCUT2D eigenvalue weighted by molar-refractivity contribution is 5.92. The fraction of sp³-hybridized carbons (Fsp3) is 0.312. The van der Waals surface area contributed by atoms with Gasteiger partial charge >= 0.3 is 0 Å². The Hall–Kier alpha value is -2.83. The summed E-state index contributed by atoms with van der Waals surface area (Å²) in [5, 5.41) is 4.23. The number of nitrogens with zero attached hydrogens (tertiary/aromatic N) is 6. The van der Waals surface area contributed by atoms with Crippen molar-refractivity contribution in [2.45, 2.75) is 19.6 Å². The van der Waals surface area contributed by atoms with Crippen LogP contribution in [0.25, 0.3) is 0 Å². The van der Waals surface area contributed by atoms with E-state index in [1.165, 1.54) is 0 Å². The topological polar surface area (TPSA) is 60.9 Å². The molecule has 1 aliphatic rings. The van der Waals surface area contributed by atoms with E-state index in [-0.39, 0.29) is 5.91 Å². The summed E-state index contributed by atoms with van der Waals surface area (Å²) in [6.07, 6.45) is 7.48. The summed E-state index contributed by atoms with van der Waals surface area (Å²) in [5.41, 5.74) is 1.83. The molecule has 118 valence electrons. The summed E-state index contributed by atoms with van der Waals surface area (Å²) < 4.78 is 5.93. The third-order valence-corrected chi connectivity index (χ3v) is 4.28. The average molecular weight is 310 g/mol. The van der Waals surface area contributed by atoms with Crippen LogP contribution in [0.5, 0.6) is 0 Å². The first kappa shape index (κ1) is 13.8. The van der Waals surface area contributed by atoms with Crippen LogP contribution in [0.2, 0.25) is 0 Å². The van der Waals surface area contributed by atoms with Crippen molar-refractivity contribution in [1.82, 2.24) is 28.8 Å². The number of hydrogen-bond acceptors (Lipinski definition) is 3. The molecule has 0 unspecified atom stereocenters. The van der Waals surface area contributed by atoms with Crippen molar-refractivity contribution in [3.8, 4) is 0 Å². The Labute approximate surface area is 133 Å². The number of carbonyl (C=O) groups is 1. The molecule has 23 heavy (non-hydrogen) atoms. The van der Waals surface area contributed by atoms with Crippen LogP contribution in [-0.4, -0.2) is 41.3 Å². The molecule has 1 amide bonds. The van der Waals surface area contributed by atoms with Crippen LogP contribution >= 0.6 is 0 Å². The Balaban J connectivity index is 1.53. The van der Waals surface area contributed by atoms with Crippen LogP contribution in [0.4, 0.5) is 0 Å². The predicted molar refractivity (Wildman–Crippen MR) is 83.7 cm³/mol. The lowest BCUT2D eigenvalue weighted by molar-refractivity contribution is 0.0696. The molecule has 1 aliphatic heterocycles. The number of aromatic nitrogens is 5. The molecule has 0 spiro atoms. The lowest BCUT2D eigenvalue weighted by Crippen LogP contribution is -2.39. The smallest absolute Gasteiger partial charge is 0.270 e. The molecule has 0 saturated heterocycles. The second-order valence-corrected chi connectivity index (χ2v) is 5.75. The van der Waals surface area contributed by atoms with Crippen molar-refractivity contribution < 1.29 is 4.79 Å². The highest BCUT2D eigenvalue weighted by atomic mass is 16.2.